The van der Waals surface area contributed by atoms with Crippen LogP contribution in [0.15, 0.2) is 6.07 Å². The lowest BCUT2D eigenvalue weighted by molar-refractivity contribution is 0.127. The Morgan fingerprint density at radius 3 is 2.47 bits per heavy atom. The highest BCUT2D eigenvalue weighted by molar-refractivity contribution is 5.56. The molecule has 4 nitrogen and oxygen atoms in total. The molecular formula is C15H23N3O. The number of nitrogens with zero attached hydrogens (tertiary/aromatic N) is 2. The van der Waals surface area contributed by atoms with Gasteiger partial charge in [0.05, 0.1) is 12.2 Å². The van der Waals surface area contributed by atoms with Crippen LogP contribution in [-0.4, -0.2) is 23.2 Å². The predicted octanol–water partition coefficient (Wildman–Crippen LogP) is 2.78. The Bertz CT molecular complexity index is 465. The van der Waals surface area contributed by atoms with Crippen LogP contribution in [-0.2, 0) is 0 Å². The summed E-state index contributed by atoms with van der Waals surface area (Å²) in [5.41, 5.74) is 2.26. The molecule has 0 atom stereocenters. The number of rotatable bonds is 6. The molecule has 2 N–H and O–H groups in total. The number of pyridine rings is 1. The van der Waals surface area contributed by atoms with Gasteiger partial charge in [-0.15, -0.1) is 0 Å². The van der Waals surface area contributed by atoms with Crippen LogP contribution in [0.5, 0.6) is 0 Å². The highest BCUT2D eigenvalue weighted by Crippen LogP contribution is 2.27. The third kappa shape index (κ3) is 3.45. The van der Waals surface area contributed by atoms with Crippen molar-refractivity contribution >= 4 is 5.82 Å². The van der Waals surface area contributed by atoms with Crippen LogP contribution in [0.1, 0.15) is 43.5 Å². The molecule has 0 amide bonds. The second-order valence-electron chi connectivity index (χ2n) is 5.13. The summed E-state index contributed by atoms with van der Waals surface area (Å²) in [6.45, 7) is 8.74. The molecule has 1 heterocycles. The SMILES string of the molecule is CCC(CC)(CO)CNc1nc(C)cc(C)c1C#N. The van der Waals surface area contributed by atoms with E-state index in [1.165, 1.54) is 0 Å². The normalized spacial score (nSPS) is 11.2. The number of aryl methyl sites for hydroxylation is 2. The van der Waals surface area contributed by atoms with Crippen molar-refractivity contribution < 1.29 is 5.11 Å². The van der Waals surface area contributed by atoms with Crippen molar-refractivity contribution in [1.29, 1.82) is 5.26 Å². The molecule has 0 spiro atoms. The van der Waals surface area contributed by atoms with E-state index in [1.807, 2.05) is 19.9 Å². The summed E-state index contributed by atoms with van der Waals surface area (Å²) in [5, 5.41) is 22.0. The van der Waals surface area contributed by atoms with E-state index in [-0.39, 0.29) is 12.0 Å². The Labute approximate surface area is 115 Å². The van der Waals surface area contributed by atoms with Gasteiger partial charge in [0, 0.05) is 17.7 Å². The summed E-state index contributed by atoms with van der Waals surface area (Å²) in [6, 6.07) is 4.10. The van der Waals surface area contributed by atoms with Crippen molar-refractivity contribution in [2.75, 3.05) is 18.5 Å². The lowest BCUT2D eigenvalue weighted by Crippen LogP contribution is -2.32. The first-order valence-electron chi connectivity index (χ1n) is 6.75. The van der Waals surface area contributed by atoms with Crippen molar-refractivity contribution in [3.8, 4) is 6.07 Å². The van der Waals surface area contributed by atoms with E-state index in [2.05, 4.69) is 30.2 Å². The molecule has 1 rings (SSSR count). The van der Waals surface area contributed by atoms with Gasteiger partial charge in [-0.25, -0.2) is 4.98 Å². The summed E-state index contributed by atoms with van der Waals surface area (Å²) in [7, 11) is 0. The highest BCUT2D eigenvalue weighted by atomic mass is 16.3. The molecule has 1 aromatic rings. The number of aromatic nitrogens is 1. The minimum atomic E-state index is -0.147. The van der Waals surface area contributed by atoms with Gasteiger partial charge in [0.15, 0.2) is 0 Å². The first kappa shape index (κ1) is 15.5. The molecule has 0 unspecified atom stereocenters. The summed E-state index contributed by atoms with van der Waals surface area (Å²) in [6.07, 6.45) is 1.78. The third-order valence-corrected chi connectivity index (χ3v) is 3.92. The fourth-order valence-corrected chi connectivity index (χ4v) is 2.16. The van der Waals surface area contributed by atoms with E-state index in [9.17, 15) is 10.4 Å². The number of nitrogens with one attached hydrogen (secondary N) is 1. The molecule has 4 heteroatoms. The first-order chi connectivity index (χ1) is 9.01. The minimum Gasteiger partial charge on any atom is -0.396 e. The Balaban J connectivity index is 2.98. The van der Waals surface area contributed by atoms with Crippen molar-refractivity contribution in [3.05, 3.63) is 22.9 Å². The molecule has 0 bridgehead atoms. The van der Waals surface area contributed by atoms with E-state index in [0.29, 0.717) is 17.9 Å². The fraction of sp³-hybridized carbons (Fsp3) is 0.600. The molecule has 0 aliphatic heterocycles. The average Bonchev–Trinajstić information content (AvgIpc) is 2.40. The number of aliphatic hydroxyl groups excluding tert-OH is 1. The van der Waals surface area contributed by atoms with Crippen LogP contribution < -0.4 is 5.32 Å². The van der Waals surface area contributed by atoms with E-state index >= 15 is 0 Å². The molecular weight excluding hydrogens is 238 g/mol. The Hall–Kier alpha value is -1.60. The van der Waals surface area contributed by atoms with Crippen molar-refractivity contribution in [3.63, 3.8) is 0 Å². The first-order valence-corrected chi connectivity index (χ1v) is 6.75. The van der Waals surface area contributed by atoms with Gasteiger partial charge >= 0.3 is 0 Å². The maximum Gasteiger partial charge on any atom is 0.144 e. The molecule has 0 aromatic carbocycles. The molecule has 0 fully saturated rings. The summed E-state index contributed by atoms with van der Waals surface area (Å²) >= 11 is 0. The standard InChI is InChI=1S/C15H23N3O/c1-5-15(6-2,10-19)9-17-14-13(8-16)11(3)7-12(4)18-14/h7,19H,5-6,9-10H2,1-4H3,(H,17,18). The maximum atomic E-state index is 9.56. The van der Waals surface area contributed by atoms with Gasteiger partial charge in [-0.05, 0) is 38.3 Å². The zero-order valence-corrected chi connectivity index (χ0v) is 12.2. The van der Waals surface area contributed by atoms with E-state index in [4.69, 9.17) is 0 Å². The second kappa shape index (κ2) is 6.53. The maximum absolute atomic E-state index is 9.56. The number of aliphatic hydroxyl groups is 1. The van der Waals surface area contributed by atoms with E-state index in [0.717, 1.165) is 24.1 Å². The smallest absolute Gasteiger partial charge is 0.144 e. The van der Waals surface area contributed by atoms with Crippen molar-refractivity contribution in [2.24, 2.45) is 5.41 Å². The van der Waals surface area contributed by atoms with Crippen LogP contribution in [0.4, 0.5) is 5.82 Å². The van der Waals surface area contributed by atoms with Gasteiger partial charge in [-0.3, -0.25) is 0 Å². The van der Waals surface area contributed by atoms with Crippen molar-refractivity contribution in [1.82, 2.24) is 4.98 Å². The van der Waals surface area contributed by atoms with Gasteiger partial charge in [0.2, 0.25) is 0 Å². The molecule has 0 saturated heterocycles. The summed E-state index contributed by atoms with van der Waals surface area (Å²) in [4.78, 5) is 4.40. The minimum absolute atomic E-state index is 0.139. The van der Waals surface area contributed by atoms with Gasteiger partial charge in [-0.1, -0.05) is 13.8 Å². The second-order valence-corrected chi connectivity index (χ2v) is 5.13. The van der Waals surface area contributed by atoms with Crippen LogP contribution in [0.2, 0.25) is 0 Å². The highest BCUT2D eigenvalue weighted by Gasteiger charge is 2.25. The lowest BCUT2D eigenvalue weighted by atomic mass is 9.83. The topological polar surface area (TPSA) is 68.9 Å². The zero-order chi connectivity index (χ0) is 14.5. The molecule has 0 radical (unpaired) electrons. The molecule has 19 heavy (non-hydrogen) atoms. The Morgan fingerprint density at radius 1 is 1.37 bits per heavy atom. The van der Waals surface area contributed by atoms with Crippen LogP contribution in [0, 0.1) is 30.6 Å². The average molecular weight is 261 g/mol. The summed E-state index contributed by atoms with van der Waals surface area (Å²) in [5.74, 6) is 0.625. The Kier molecular flexibility index (Phi) is 5.31. The van der Waals surface area contributed by atoms with E-state index in [1.54, 1.807) is 0 Å². The number of hydrogen-bond acceptors (Lipinski definition) is 4. The fourth-order valence-electron chi connectivity index (χ4n) is 2.16. The zero-order valence-electron chi connectivity index (χ0n) is 12.2. The lowest BCUT2D eigenvalue weighted by Gasteiger charge is -2.30. The largest absolute Gasteiger partial charge is 0.396 e. The van der Waals surface area contributed by atoms with Gasteiger partial charge in [-0.2, -0.15) is 5.26 Å². The quantitative estimate of drug-likeness (QED) is 0.826. The Morgan fingerprint density at radius 2 is 2.00 bits per heavy atom. The van der Waals surface area contributed by atoms with Crippen LogP contribution in [0.25, 0.3) is 0 Å². The number of anilines is 1. The van der Waals surface area contributed by atoms with Crippen molar-refractivity contribution in [2.45, 2.75) is 40.5 Å². The predicted molar refractivity (Wildman–Crippen MR) is 77.0 cm³/mol. The van der Waals surface area contributed by atoms with Gasteiger partial charge < -0.3 is 10.4 Å². The van der Waals surface area contributed by atoms with Crippen LogP contribution >= 0.6 is 0 Å². The number of nitriles is 1. The van der Waals surface area contributed by atoms with Gasteiger partial charge in [0.1, 0.15) is 11.9 Å². The molecule has 0 aliphatic carbocycles. The van der Waals surface area contributed by atoms with E-state index < -0.39 is 0 Å². The van der Waals surface area contributed by atoms with Crippen LogP contribution in [0.3, 0.4) is 0 Å². The number of hydrogen-bond donors (Lipinski definition) is 2. The van der Waals surface area contributed by atoms with Gasteiger partial charge in [0.25, 0.3) is 0 Å². The molecule has 104 valence electrons. The third-order valence-electron chi connectivity index (χ3n) is 3.92. The molecule has 0 aliphatic rings. The molecule has 0 saturated carbocycles. The monoisotopic (exact) mass is 261 g/mol. The molecule has 1 aromatic heterocycles. The summed E-state index contributed by atoms with van der Waals surface area (Å²) < 4.78 is 0.